The number of ether oxygens (including phenoxy) is 1. The van der Waals surface area contributed by atoms with Gasteiger partial charge in [-0.25, -0.2) is 9.97 Å². The molecule has 1 aromatic rings. The van der Waals surface area contributed by atoms with Crippen LogP contribution in [0, 0.1) is 5.92 Å². The van der Waals surface area contributed by atoms with Crippen LogP contribution in [0.25, 0.3) is 0 Å². The van der Waals surface area contributed by atoms with E-state index >= 15 is 0 Å². The van der Waals surface area contributed by atoms with Gasteiger partial charge in [-0.15, -0.1) is 0 Å². The average Bonchev–Trinajstić information content (AvgIpc) is 2.95. The molecule has 0 N–H and O–H groups in total. The van der Waals surface area contributed by atoms with Crippen LogP contribution in [0.3, 0.4) is 0 Å². The number of nitrogens with zero attached hydrogens (tertiary/aromatic N) is 4. The summed E-state index contributed by atoms with van der Waals surface area (Å²) in [4.78, 5) is 24.2. The fourth-order valence-corrected chi connectivity index (χ4v) is 2.21. The highest BCUT2D eigenvalue weighted by Crippen LogP contribution is 2.24. The van der Waals surface area contributed by atoms with Gasteiger partial charge < -0.3 is 14.5 Å². The third-order valence-electron chi connectivity index (χ3n) is 3.55. The molecular weight excluding hydrogens is 244 g/mol. The molecule has 1 fully saturated rings. The molecule has 0 aromatic carbocycles. The van der Waals surface area contributed by atoms with Gasteiger partial charge in [0.15, 0.2) is 0 Å². The van der Waals surface area contributed by atoms with Gasteiger partial charge in [-0.3, -0.25) is 4.79 Å². The number of hydrogen-bond acceptors (Lipinski definition) is 6. The van der Waals surface area contributed by atoms with E-state index in [4.69, 9.17) is 4.74 Å². The van der Waals surface area contributed by atoms with Crippen molar-refractivity contribution in [2.24, 2.45) is 5.92 Å². The third kappa shape index (κ3) is 2.94. The number of carbonyl (C=O) groups is 1. The fourth-order valence-electron chi connectivity index (χ4n) is 2.21. The Labute approximate surface area is 113 Å². The van der Waals surface area contributed by atoms with Gasteiger partial charge in [-0.2, -0.15) is 0 Å². The Bertz CT molecular complexity index is 452. The van der Waals surface area contributed by atoms with Crippen LogP contribution in [-0.4, -0.2) is 49.7 Å². The first-order valence-electron chi connectivity index (χ1n) is 6.51. The minimum Gasteiger partial charge on any atom is -0.469 e. The van der Waals surface area contributed by atoms with E-state index in [0.717, 1.165) is 31.1 Å². The predicted octanol–water partition coefficient (Wildman–Crippen LogP) is 0.932. The largest absolute Gasteiger partial charge is 0.469 e. The molecular formula is C13H20N4O2. The molecule has 0 aliphatic carbocycles. The number of esters is 1. The normalized spacial score (nSPS) is 18.5. The highest BCUT2D eigenvalue weighted by atomic mass is 16.5. The van der Waals surface area contributed by atoms with E-state index in [-0.39, 0.29) is 11.9 Å². The van der Waals surface area contributed by atoms with Crippen molar-refractivity contribution in [3.8, 4) is 0 Å². The molecule has 104 valence electrons. The molecule has 2 rings (SSSR count). The topological polar surface area (TPSA) is 58.6 Å². The van der Waals surface area contributed by atoms with Crippen LogP contribution < -0.4 is 9.80 Å². The standard InChI is InChI=1S/C13H20N4O2/c1-4-16(2)11-7-12(15-9-14-11)17-6-5-10(8-17)13(18)19-3/h7,9-10H,4-6,8H2,1-3H3. The van der Waals surface area contributed by atoms with Gasteiger partial charge in [-0.05, 0) is 13.3 Å². The lowest BCUT2D eigenvalue weighted by atomic mass is 10.1. The summed E-state index contributed by atoms with van der Waals surface area (Å²) in [6, 6.07) is 1.96. The van der Waals surface area contributed by atoms with Crippen LogP contribution >= 0.6 is 0 Å². The lowest BCUT2D eigenvalue weighted by Gasteiger charge is -2.20. The highest BCUT2D eigenvalue weighted by Gasteiger charge is 2.29. The summed E-state index contributed by atoms with van der Waals surface area (Å²) in [6.07, 6.45) is 2.39. The van der Waals surface area contributed by atoms with E-state index in [1.807, 2.05) is 13.1 Å². The summed E-state index contributed by atoms with van der Waals surface area (Å²) in [7, 11) is 3.43. The molecule has 6 nitrogen and oxygen atoms in total. The quantitative estimate of drug-likeness (QED) is 0.754. The van der Waals surface area contributed by atoms with E-state index in [1.165, 1.54) is 7.11 Å². The monoisotopic (exact) mass is 264 g/mol. The molecule has 0 saturated carbocycles. The number of carbonyl (C=O) groups excluding carboxylic acids is 1. The van der Waals surface area contributed by atoms with Crippen LogP contribution in [0.2, 0.25) is 0 Å². The fraction of sp³-hybridized carbons (Fsp3) is 0.615. The molecule has 1 atom stereocenters. The molecule has 1 unspecified atom stereocenters. The molecule has 1 aliphatic heterocycles. The first kappa shape index (κ1) is 13.6. The van der Waals surface area contributed by atoms with Crippen molar-refractivity contribution in [2.75, 3.05) is 43.6 Å². The van der Waals surface area contributed by atoms with Crippen molar-refractivity contribution in [2.45, 2.75) is 13.3 Å². The Morgan fingerprint density at radius 2 is 2.37 bits per heavy atom. The molecule has 0 spiro atoms. The van der Waals surface area contributed by atoms with Gasteiger partial charge in [0.25, 0.3) is 0 Å². The summed E-state index contributed by atoms with van der Waals surface area (Å²) in [5.74, 6) is 1.58. The highest BCUT2D eigenvalue weighted by molar-refractivity contribution is 5.74. The van der Waals surface area contributed by atoms with E-state index in [0.29, 0.717) is 6.54 Å². The van der Waals surface area contributed by atoms with Crippen LogP contribution in [-0.2, 0) is 9.53 Å². The summed E-state index contributed by atoms with van der Waals surface area (Å²) < 4.78 is 4.79. The van der Waals surface area contributed by atoms with Crippen LogP contribution in [0.4, 0.5) is 11.6 Å². The number of anilines is 2. The van der Waals surface area contributed by atoms with Crippen LogP contribution in [0.15, 0.2) is 12.4 Å². The zero-order valence-corrected chi connectivity index (χ0v) is 11.7. The maximum Gasteiger partial charge on any atom is 0.310 e. The predicted molar refractivity (Wildman–Crippen MR) is 73.3 cm³/mol. The molecule has 0 bridgehead atoms. The zero-order valence-electron chi connectivity index (χ0n) is 11.7. The van der Waals surface area contributed by atoms with E-state index in [2.05, 4.69) is 26.7 Å². The average molecular weight is 264 g/mol. The molecule has 6 heteroatoms. The molecule has 0 amide bonds. The van der Waals surface area contributed by atoms with Crippen molar-refractivity contribution >= 4 is 17.6 Å². The maximum absolute atomic E-state index is 11.5. The van der Waals surface area contributed by atoms with Gasteiger partial charge in [0, 0.05) is 32.7 Å². The summed E-state index contributed by atoms with van der Waals surface area (Å²) >= 11 is 0. The minimum absolute atomic E-state index is 0.0488. The molecule has 1 aliphatic rings. The molecule has 19 heavy (non-hydrogen) atoms. The van der Waals surface area contributed by atoms with Gasteiger partial charge in [-0.1, -0.05) is 0 Å². The number of rotatable bonds is 4. The smallest absolute Gasteiger partial charge is 0.310 e. The SMILES string of the molecule is CCN(C)c1cc(N2CCC(C(=O)OC)C2)ncn1. The second kappa shape index (κ2) is 5.86. The van der Waals surface area contributed by atoms with Crippen molar-refractivity contribution in [3.63, 3.8) is 0 Å². The first-order valence-corrected chi connectivity index (χ1v) is 6.51. The lowest BCUT2D eigenvalue weighted by molar-refractivity contribution is -0.144. The van der Waals surface area contributed by atoms with Crippen molar-refractivity contribution in [3.05, 3.63) is 12.4 Å². The molecule has 1 aromatic heterocycles. The van der Waals surface area contributed by atoms with Gasteiger partial charge in [0.1, 0.15) is 18.0 Å². The summed E-state index contributed by atoms with van der Waals surface area (Å²) in [5.41, 5.74) is 0. The summed E-state index contributed by atoms with van der Waals surface area (Å²) in [6.45, 7) is 4.46. The van der Waals surface area contributed by atoms with E-state index in [1.54, 1.807) is 6.33 Å². The van der Waals surface area contributed by atoms with E-state index < -0.39 is 0 Å². The number of aromatic nitrogens is 2. The van der Waals surface area contributed by atoms with Crippen molar-refractivity contribution in [1.82, 2.24) is 9.97 Å². The number of hydrogen-bond donors (Lipinski definition) is 0. The lowest BCUT2D eigenvalue weighted by Crippen LogP contribution is -2.25. The van der Waals surface area contributed by atoms with Crippen molar-refractivity contribution < 1.29 is 9.53 Å². The van der Waals surface area contributed by atoms with Gasteiger partial charge in [0.05, 0.1) is 13.0 Å². The first-order chi connectivity index (χ1) is 9.15. The summed E-state index contributed by atoms with van der Waals surface area (Å²) in [5, 5.41) is 0. The maximum atomic E-state index is 11.5. The zero-order chi connectivity index (χ0) is 13.8. The minimum atomic E-state index is -0.137. The molecule has 2 heterocycles. The van der Waals surface area contributed by atoms with E-state index in [9.17, 15) is 4.79 Å². The Hall–Kier alpha value is -1.85. The van der Waals surface area contributed by atoms with Gasteiger partial charge in [0.2, 0.25) is 0 Å². The molecule has 1 saturated heterocycles. The Balaban J connectivity index is 2.09. The van der Waals surface area contributed by atoms with Gasteiger partial charge >= 0.3 is 5.97 Å². The van der Waals surface area contributed by atoms with Crippen LogP contribution in [0.1, 0.15) is 13.3 Å². The number of methoxy groups -OCH3 is 1. The second-order valence-corrected chi connectivity index (χ2v) is 4.70. The Morgan fingerprint density at radius 3 is 3.05 bits per heavy atom. The van der Waals surface area contributed by atoms with Crippen molar-refractivity contribution in [1.29, 1.82) is 0 Å². The molecule has 0 radical (unpaired) electrons. The van der Waals surface area contributed by atoms with Crippen LogP contribution in [0.5, 0.6) is 0 Å². The third-order valence-corrected chi connectivity index (χ3v) is 3.55. The second-order valence-electron chi connectivity index (χ2n) is 4.70. The Kier molecular flexibility index (Phi) is 4.19. The Morgan fingerprint density at radius 1 is 1.58 bits per heavy atom.